The number of rotatable bonds is 11. The van der Waals surface area contributed by atoms with Gasteiger partial charge in [0, 0.05) is 6.04 Å². The van der Waals surface area contributed by atoms with Gasteiger partial charge in [-0.15, -0.1) is 0 Å². The summed E-state index contributed by atoms with van der Waals surface area (Å²) < 4.78 is 0. The third kappa shape index (κ3) is 10.1. The standard InChI is InChI=1S/C11H28N4/c1-13-8-3-5-11(6-7-12)15-10-4-9-14-2/h11,13-15H,3-10,12H2,1-2H3. The molecule has 0 bridgehead atoms. The smallest absolute Gasteiger partial charge is 0.00795 e. The van der Waals surface area contributed by atoms with Crippen molar-refractivity contribution in [3.63, 3.8) is 0 Å². The van der Waals surface area contributed by atoms with Gasteiger partial charge in [-0.1, -0.05) is 0 Å². The van der Waals surface area contributed by atoms with Crippen LogP contribution >= 0.6 is 0 Å². The van der Waals surface area contributed by atoms with Crippen LogP contribution in [0.5, 0.6) is 0 Å². The van der Waals surface area contributed by atoms with E-state index in [2.05, 4.69) is 16.0 Å². The van der Waals surface area contributed by atoms with Crippen LogP contribution in [0.4, 0.5) is 0 Å². The fraction of sp³-hybridized carbons (Fsp3) is 1.00. The summed E-state index contributed by atoms with van der Waals surface area (Å²) in [5.74, 6) is 0. The Labute approximate surface area is 94.4 Å². The lowest BCUT2D eigenvalue weighted by Crippen LogP contribution is -2.33. The molecule has 0 radical (unpaired) electrons. The predicted octanol–water partition coefficient (Wildman–Crippen LogP) is -0.0975. The van der Waals surface area contributed by atoms with E-state index in [4.69, 9.17) is 5.73 Å². The van der Waals surface area contributed by atoms with Gasteiger partial charge in [-0.2, -0.15) is 0 Å². The first-order valence-corrected chi connectivity index (χ1v) is 6.07. The summed E-state index contributed by atoms with van der Waals surface area (Å²) in [7, 11) is 3.99. The van der Waals surface area contributed by atoms with Crippen molar-refractivity contribution in [1.29, 1.82) is 0 Å². The van der Waals surface area contributed by atoms with Gasteiger partial charge in [-0.05, 0) is 66.0 Å². The van der Waals surface area contributed by atoms with E-state index in [9.17, 15) is 0 Å². The van der Waals surface area contributed by atoms with Gasteiger partial charge in [-0.3, -0.25) is 0 Å². The summed E-state index contributed by atoms with van der Waals surface area (Å²) >= 11 is 0. The summed E-state index contributed by atoms with van der Waals surface area (Å²) in [6.45, 7) is 4.05. The van der Waals surface area contributed by atoms with E-state index in [1.807, 2.05) is 14.1 Å². The van der Waals surface area contributed by atoms with Crippen LogP contribution in [0.2, 0.25) is 0 Å². The van der Waals surface area contributed by atoms with E-state index in [1.165, 1.54) is 19.3 Å². The zero-order chi connectivity index (χ0) is 11.4. The lowest BCUT2D eigenvalue weighted by atomic mass is 10.1. The Morgan fingerprint density at radius 1 is 0.933 bits per heavy atom. The molecule has 1 unspecified atom stereocenters. The van der Waals surface area contributed by atoms with E-state index in [0.29, 0.717) is 6.04 Å². The average Bonchev–Trinajstić information content (AvgIpc) is 2.24. The minimum atomic E-state index is 0.597. The van der Waals surface area contributed by atoms with Crippen LogP contribution < -0.4 is 21.7 Å². The molecule has 0 saturated heterocycles. The lowest BCUT2D eigenvalue weighted by Gasteiger charge is -2.17. The highest BCUT2D eigenvalue weighted by Gasteiger charge is 2.05. The van der Waals surface area contributed by atoms with Crippen LogP contribution in [0, 0.1) is 0 Å². The first-order valence-electron chi connectivity index (χ1n) is 6.07. The summed E-state index contributed by atoms with van der Waals surface area (Å²) in [6.07, 6.45) is 4.71. The Kier molecular flexibility index (Phi) is 11.8. The minimum Gasteiger partial charge on any atom is -0.330 e. The van der Waals surface area contributed by atoms with Crippen LogP contribution in [-0.4, -0.2) is 46.3 Å². The zero-order valence-corrected chi connectivity index (χ0v) is 10.3. The first-order chi connectivity index (χ1) is 7.35. The van der Waals surface area contributed by atoms with Gasteiger partial charge >= 0.3 is 0 Å². The van der Waals surface area contributed by atoms with Gasteiger partial charge in [0.15, 0.2) is 0 Å². The lowest BCUT2D eigenvalue weighted by molar-refractivity contribution is 0.437. The summed E-state index contributed by atoms with van der Waals surface area (Å²) in [4.78, 5) is 0. The molecule has 0 saturated carbocycles. The second-order valence-electron chi connectivity index (χ2n) is 3.93. The molecule has 0 fully saturated rings. The largest absolute Gasteiger partial charge is 0.330 e. The number of hydrogen-bond acceptors (Lipinski definition) is 4. The molecule has 1 atom stereocenters. The van der Waals surface area contributed by atoms with E-state index >= 15 is 0 Å². The molecule has 15 heavy (non-hydrogen) atoms. The van der Waals surface area contributed by atoms with Crippen LogP contribution in [0.15, 0.2) is 0 Å². The quantitative estimate of drug-likeness (QED) is 0.364. The van der Waals surface area contributed by atoms with Crippen molar-refractivity contribution in [1.82, 2.24) is 16.0 Å². The van der Waals surface area contributed by atoms with Gasteiger partial charge in [0.05, 0.1) is 0 Å². The van der Waals surface area contributed by atoms with Crippen molar-refractivity contribution < 1.29 is 0 Å². The molecule has 4 heteroatoms. The Bertz CT molecular complexity index is 119. The highest BCUT2D eigenvalue weighted by atomic mass is 14.9. The zero-order valence-electron chi connectivity index (χ0n) is 10.3. The Balaban J connectivity index is 3.44. The maximum atomic E-state index is 5.60. The van der Waals surface area contributed by atoms with Crippen molar-refractivity contribution in [3.05, 3.63) is 0 Å². The maximum absolute atomic E-state index is 5.60. The van der Waals surface area contributed by atoms with Crippen LogP contribution in [-0.2, 0) is 0 Å². The normalized spacial score (nSPS) is 13.0. The molecule has 0 heterocycles. The van der Waals surface area contributed by atoms with E-state index in [-0.39, 0.29) is 0 Å². The highest BCUT2D eigenvalue weighted by molar-refractivity contribution is 4.68. The minimum absolute atomic E-state index is 0.597. The molecule has 4 nitrogen and oxygen atoms in total. The molecule has 0 spiro atoms. The van der Waals surface area contributed by atoms with E-state index < -0.39 is 0 Å². The molecule has 0 aromatic carbocycles. The number of nitrogens with two attached hydrogens (primary N) is 1. The molecule has 5 N–H and O–H groups in total. The predicted molar refractivity (Wildman–Crippen MR) is 67.2 cm³/mol. The molecule has 0 aliphatic carbocycles. The van der Waals surface area contributed by atoms with Crippen molar-refractivity contribution >= 4 is 0 Å². The summed E-state index contributed by atoms with van der Waals surface area (Å²) in [6, 6.07) is 0.597. The topological polar surface area (TPSA) is 62.1 Å². The molecule has 0 aromatic heterocycles. The van der Waals surface area contributed by atoms with Crippen LogP contribution in [0.25, 0.3) is 0 Å². The third-order valence-electron chi connectivity index (χ3n) is 2.53. The van der Waals surface area contributed by atoms with Crippen molar-refractivity contribution in [2.24, 2.45) is 5.73 Å². The van der Waals surface area contributed by atoms with E-state index in [1.54, 1.807) is 0 Å². The Morgan fingerprint density at radius 2 is 1.60 bits per heavy atom. The SMILES string of the molecule is CNCCCNC(CCN)CCCNC. The van der Waals surface area contributed by atoms with Gasteiger partial charge in [0.1, 0.15) is 0 Å². The second-order valence-corrected chi connectivity index (χ2v) is 3.93. The monoisotopic (exact) mass is 216 g/mol. The maximum Gasteiger partial charge on any atom is 0.00795 e. The molecular weight excluding hydrogens is 188 g/mol. The van der Waals surface area contributed by atoms with Gasteiger partial charge in [0.2, 0.25) is 0 Å². The van der Waals surface area contributed by atoms with Gasteiger partial charge in [0.25, 0.3) is 0 Å². The first kappa shape index (κ1) is 14.8. The van der Waals surface area contributed by atoms with Crippen molar-refractivity contribution in [3.8, 4) is 0 Å². The summed E-state index contributed by atoms with van der Waals surface area (Å²) in [5.41, 5.74) is 5.60. The van der Waals surface area contributed by atoms with E-state index in [0.717, 1.165) is 32.6 Å². The second kappa shape index (κ2) is 11.9. The van der Waals surface area contributed by atoms with Gasteiger partial charge < -0.3 is 21.7 Å². The van der Waals surface area contributed by atoms with Crippen LogP contribution in [0.1, 0.15) is 25.7 Å². The molecule has 92 valence electrons. The molecule has 0 aliphatic rings. The average molecular weight is 216 g/mol. The fourth-order valence-corrected chi connectivity index (χ4v) is 1.65. The molecule has 0 aliphatic heterocycles. The number of hydrogen-bond donors (Lipinski definition) is 4. The Morgan fingerprint density at radius 3 is 2.20 bits per heavy atom. The van der Waals surface area contributed by atoms with Gasteiger partial charge in [-0.25, -0.2) is 0 Å². The molecule has 0 aromatic rings. The molecular formula is C11H28N4. The Hall–Kier alpha value is -0.160. The molecule has 0 rings (SSSR count). The van der Waals surface area contributed by atoms with Crippen molar-refractivity contribution in [2.75, 3.05) is 40.3 Å². The third-order valence-corrected chi connectivity index (χ3v) is 2.53. The van der Waals surface area contributed by atoms with Crippen LogP contribution in [0.3, 0.4) is 0 Å². The fourth-order valence-electron chi connectivity index (χ4n) is 1.65. The number of nitrogens with one attached hydrogen (secondary N) is 3. The van der Waals surface area contributed by atoms with Crippen molar-refractivity contribution in [2.45, 2.75) is 31.7 Å². The highest BCUT2D eigenvalue weighted by Crippen LogP contribution is 2.00. The molecule has 0 amide bonds. The summed E-state index contributed by atoms with van der Waals surface area (Å²) in [5, 5.41) is 9.89.